The summed E-state index contributed by atoms with van der Waals surface area (Å²) in [5, 5.41) is 7.81. The number of ketones is 1. The number of benzene rings is 2. The van der Waals surface area contributed by atoms with Crippen LogP contribution in [0.2, 0.25) is 0 Å². The number of rotatable bonds is 8. The molecule has 3 rings (SSSR count). The van der Waals surface area contributed by atoms with Gasteiger partial charge in [0.05, 0.1) is 5.69 Å². The van der Waals surface area contributed by atoms with E-state index in [1.165, 1.54) is 23.8 Å². The molecule has 0 unspecified atom stereocenters. The van der Waals surface area contributed by atoms with Gasteiger partial charge < -0.3 is 10.6 Å². The lowest BCUT2D eigenvalue weighted by Crippen LogP contribution is -2.13. The van der Waals surface area contributed by atoms with Crippen LogP contribution in [-0.4, -0.2) is 22.6 Å². The highest BCUT2D eigenvalue weighted by Gasteiger charge is 2.12. The zero-order chi connectivity index (χ0) is 21.5. The van der Waals surface area contributed by atoms with Crippen LogP contribution >= 0.6 is 11.3 Å². The fraction of sp³-hybridized carbons (Fsp3) is 0.217. The second kappa shape index (κ2) is 9.93. The Morgan fingerprint density at radius 1 is 0.933 bits per heavy atom. The maximum Gasteiger partial charge on any atom is 0.226 e. The van der Waals surface area contributed by atoms with Crippen LogP contribution in [0.3, 0.4) is 0 Å². The molecule has 0 fully saturated rings. The normalized spacial score (nSPS) is 10.5. The zero-order valence-corrected chi connectivity index (χ0v) is 17.7. The van der Waals surface area contributed by atoms with Crippen molar-refractivity contribution in [1.29, 1.82) is 0 Å². The van der Waals surface area contributed by atoms with Gasteiger partial charge in [0.25, 0.3) is 0 Å². The number of nitrogens with one attached hydrogen (secondary N) is 2. The molecule has 0 saturated carbocycles. The summed E-state index contributed by atoms with van der Waals surface area (Å²) in [5.74, 6) is -0.416. The summed E-state index contributed by atoms with van der Waals surface area (Å²) in [4.78, 5) is 40.0. The van der Waals surface area contributed by atoms with Crippen LogP contribution in [0.15, 0.2) is 53.9 Å². The van der Waals surface area contributed by atoms with Gasteiger partial charge >= 0.3 is 0 Å². The quantitative estimate of drug-likeness (QED) is 0.505. The van der Waals surface area contributed by atoms with Gasteiger partial charge in [-0.05, 0) is 24.1 Å². The lowest BCUT2D eigenvalue weighted by atomic mass is 10.0. The van der Waals surface area contributed by atoms with Crippen molar-refractivity contribution in [2.75, 3.05) is 10.6 Å². The highest BCUT2D eigenvalue weighted by Crippen LogP contribution is 2.26. The predicted molar refractivity (Wildman–Crippen MR) is 120 cm³/mol. The molecule has 2 amide bonds. The summed E-state index contributed by atoms with van der Waals surface area (Å²) in [6.45, 7) is 3.52. The van der Waals surface area contributed by atoms with Crippen LogP contribution in [0.4, 0.5) is 10.8 Å². The van der Waals surface area contributed by atoms with Crippen LogP contribution in [-0.2, 0) is 16.0 Å². The molecule has 0 atom stereocenters. The molecule has 7 heteroatoms. The number of hydrogen-bond acceptors (Lipinski definition) is 5. The lowest BCUT2D eigenvalue weighted by Gasteiger charge is -2.04. The minimum absolute atomic E-state index is 0.0492. The van der Waals surface area contributed by atoms with Gasteiger partial charge in [-0.15, -0.1) is 11.3 Å². The first-order valence-corrected chi connectivity index (χ1v) is 10.6. The molecule has 30 heavy (non-hydrogen) atoms. The van der Waals surface area contributed by atoms with E-state index >= 15 is 0 Å². The van der Waals surface area contributed by atoms with E-state index in [2.05, 4.69) is 22.5 Å². The largest absolute Gasteiger partial charge is 0.326 e. The van der Waals surface area contributed by atoms with Crippen molar-refractivity contribution < 1.29 is 14.4 Å². The summed E-state index contributed by atoms with van der Waals surface area (Å²) in [7, 11) is 0. The third kappa shape index (κ3) is 5.84. The van der Waals surface area contributed by atoms with E-state index in [-0.39, 0.29) is 30.4 Å². The van der Waals surface area contributed by atoms with E-state index in [1.807, 2.05) is 41.8 Å². The van der Waals surface area contributed by atoms with Gasteiger partial charge in [0.15, 0.2) is 10.9 Å². The Kier molecular flexibility index (Phi) is 7.08. The number of Topliss-reactive ketones (excluding diaryl/α,β-unsaturated/α-hetero) is 1. The Hall–Kier alpha value is -3.32. The van der Waals surface area contributed by atoms with Crippen molar-refractivity contribution in [2.45, 2.75) is 33.1 Å². The van der Waals surface area contributed by atoms with E-state index in [9.17, 15) is 14.4 Å². The molecule has 1 heterocycles. The predicted octanol–water partition coefficient (Wildman–Crippen LogP) is 4.93. The smallest absolute Gasteiger partial charge is 0.226 e. The second-order valence-electron chi connectivity index (χ2n) is 6.82. The van der Waals surface area contributed by atoms with Crippen LogP contribution in [0.25, 0.3) is 11.3 Å². The number of anilines is 2. The lowest BCUT2D eigenvalue weighted by molar-refractivity contribution is -0.116. The molecule has 6 nitrogen and oxygen atoms in total. The summed E-state index contributed by atoms with van der Waals surface area (Å²) in [6.07, 6.45) is 1.18. The number of amides is 2. The van der Waals surface area contributed by atoms with E-state index in [1.54, 1.807) is 12.1 Å². The number of nitrogens with zero attached hydrogens (tertiary/aromatic N) is 1. The second-order valence-corrected chi connectivity index (χ2v) is 7.68. The van der Waals surface area contributed by atoms with Crippen LogP contribution in [0, 0.1) is 0 Å². The number of thiazole rings is 1. The summed E-state index contributed by atoms with van der Waals surface area (Å²) in [6, 6.07) is 14.8. The molecule has 1 aromatic heterocycles. The summed E-state index contributed by atoms with van der Waals surface area (Å²) < 4.78 is 0. The van der Waals surface area contributed by atoms with Gasteiger partial charge in [-0.25, -0.2) is 4.98 Å². The average molecular weight is 422 g/mol. The molecule has 2 aromatic carbocycles. The third-order valence-corrected chi connectivity index (χ3v) is 5.27. The SMILES string of the molecule is CCc1ccc(C(=O)CCC(=O)Nc2nc(-c3ccc(NC(C)=O)cc3)cs2)cc1. The molecule has 3 aromatic rings. The first-order chi connectivity index (χ1) is 14.4. The van der Waals surface area contributed by atoms with Gasteiger partial charge in [-0.2, -0.15) is 0 Å². The molecular formula is C23H23N3O3S. The van der Waals surface area contributed by atoms with E-state index < -0.39 is 0 Å². The van der Waals surface area contributed by atoms with Gasteiger partial charge in [-0.3, -0.25) is 14.4 Å². The number of carbonyl (C=O) groups excluding carboxylic acids is 3. The van der Waals surface area contributed by atoms with Crippen LogP contribution < -0.4 is 10.6 Å². The van der Waals surface area contributed by atoms with E-state index in [0.717, 1.165) is 17.7 Å². The number of aryl methyl sites for hydroxylation is 1. The highest BCUT2D eigenvalue weighted by atomic mass is 32.1. The summed E-state index contributed by atoms with van der Waals surface area (Å²) in [5.41, 5.74) is 4.13. The molecule has 0 bridgehead atoms. The van der Waals surface area contributed by atoms with Gasteiger partial charge in [0.1, 0.15) is 0 Å². The number of carbonyl (C=O) groups is 3. The molecule has 0 aliphatic heterocycles. The maximum absolute atomic E-state index is 12.3. The Morgan fingerprint density at radius 2 is 1.63 bits per heavy atom. The molecule has 0 aliphatic rings. The monoisotopic (exact) mass is 421 g/mol. The Bertz CT molecular complexity index is 1040. The van der Waals surface area contributed by atoms with E-state index in [4.69, 9.17) is 0 Å². The van der Waals surface area contributed by atoms with Crippen molar-refractivity contribution in [2.24, 2.45) is 0 Å². The fourth-order valence-corrected chi connectivity index (χ4v) is 3.61. The van der Waals surface area contributed by atoms with E-state index in [0.29, 0.717) is 16.4 Å². The molecule has 0 aliphatic carbocycles. The van der Waals surface area contributed by atoms with Crippen LogP contribution in [0.5, 0.6) is 0 Å². The molecule has 0 saturated heterocycles. The van der Waals surface area contributed by atoms with Gasteiger partial charge in [0.2, 0.25) is 11.8 Å². The highest BCUT2D eigenvalue weighted by molar-refractivity contribution is 7.14. The van der Waals surface area contributed by atoms with Crippen molar-refractivity contribution in [1.82, 2.24) is 4.98 Å². The van der Waals surface area contributed by atoms with Crippen LogP contribution in [0.1, 0.15) is 42.6 Å². The minimum Gasteiger partial charge on any atom is -0.326 e. The standard InChI is InChI=1S/C23H23N3O3S/c1-3-16-4-6-18(7-5-16)21(28)12-13-22(29)26-23-25-20(14-30-23)17-8-10-19(11-9-17)24-15(2)27/h4-11,14H,3,12-13H2,1-2H3,(H,24,27)(H,25,26,29). The topological polar surface area (TPSA) is 88.2 Å². The summed E-state index contributed by atoms with van der Waals surface area (Å²) >= 11 is 1.32. The third-order valence-electron chi connectivity index (χ3n) is 4.51. The molecular weight excluding hydrogens is 398 g/mol. The van der Waals surface area contributed by atoms with Crippen molar-refractivity contribution in [3.8, 4) is 11.3 Å². The number of aromatic nitrogens is 1. The Labute approximate surface area is 179 Å². The first kappa shape index (κ1) is 21.4. The van der Waals surface area contributed by atoms with Crippen molar-refractivity contribution in [3.63, 3.8) is 0 Å². The molecule has 0 spiro atoms. The van der Waals surface area contributed by atoms with Gasteiger partial charge in [0, 0.05) is 42.0 Å². The molecule has 2 N–H and O–H groups in total. The Morgan fingerprint density at radius 3 is 2.27 bits per heavy atom. The molecule has 0 radical (unpaired) electrons. The average Bonchev–Trinajstić information content (AvgIpc) is 3.20. The minimum atomic E-state index is -0.240. The van der Waals surface area contributed by atoms with Crippen molar-refractivity contribution >= 4 is 39.8 Å². The first-order valence-electron chi connectivity index (χ1n) is 9.70. The Balaban J connectivity index is 1.53. The molecule has 154 valence electrons. The zero-order valence-electron chi connectivity index (χ0n) is 16.9. The van der Waals surface area contributed by atoms with Crippen molar-refractivity contribution in [3.05, 3.63) is 65.0 Å². The van der Waals surface area contributed by atoms with Gasteiger partial charge in [-0.1, -0.05) is 43.3 Å². The number of hydrogen-bond donors (Lipinski definition) is 2. The maximum atomic E-state index is 12.3. The fourth-order valence-electron chi connectivity index (χ4n) is 2.87.